The van der Waals surface area contributed by atoms with Gasteiger partial charge in [-0.15, -0.1) is 11.8 Å². The minimum atomic E-state index is -1.36. The number of hydrogen-bond acceptors (Lipinski definition) is 5. The molecule has 3 rings (SSSR count). The molecule has 2 heterocycles. The normalized spacial score (nSPS) is 23.7. The molecular weight excluding hydrogens is 316 g/mol. The van der Waals surface area contributed by atoms with Crippen LogP contribution >= 0.6 is 11.8 Å². The zero-order valence-electron chi connectivity index (χ0n) is 13.5. The van der Waals surface area contributed by atoms with Gasteiger partial charge in [0.2, 0.25) is 10.8 Å². The van der Waals surface area contributed by atoms with Crippen LogP contribution in [0.15, 0.2) is 24.3 Å². The lowest BCUT2D eigenvalue weighted by atomic mass is 10.1. The molecule has 2 aliphatic heterocycles. The second-order valence-electron chi connectivity index (χ2n) is 6.52. The summed E-state index contributed by atoms with van der Waals surface area (Å²) in [5.41, 5.74) is 0.598. The summed E-state index contributed by atoms with van der Waals surface area (Å²) in [5, 5.41) is 0. The fraction of sp³-hybridized carbons (Fsp3) is 0.438. The molecule has 122 valence electrons. The van der Waals surface area contributed by atoms with Crippen molar-refractivity contribution in [3.05, 3.63) is 29.8 Å². The maximum absolute atomic E-state index is 12.9. The minimum Gasteiger partial charge on any atom is -0.443 e. The van der Waals surface area contributed by atoms with Gasteiger partial charge in [-0.1, -0.05) is 18.2 Å². The fourth-order valence-electron chi connectivity index (χ4n) is 2.87. The Morgan fingerprint density at radius 1 is 1.26 bits per heavy atom. The van der Waals surface area contributed by atoms with Crippen LogP contribution in [0.2, 0.25) is 0 Å². The number of nitrogens with zero attached hydrogens (tertiary/aromatic N) is 2. The maximum atomic E-state index is 12.9. The van der Waals surface area contributed by atoms with E-state index < -0.39 is 22.5 Å². The highest BCUT2D eigenvalue weighted by Gasteiger charge is 2.62. The quantitative estimate of drug-likeness (QED) is 0.728. The van der Waals surface area contributed by atoms with Crippen molar-refractivity contribution in [2.24, 2.45) is 0 Å². The number of carbonyl (C=O) groups excluding carboxylic acids is 3. The van der Waals surface area contributed by atoms with Gasteiger partial charge in [0.25, 0.3) is 5.91 Å². The number of ether oxygens (including phenoxy) is 1. The van der Waals surface area contributed by atoms with Gasteiger partial charge in [0.15, 0.2) is 0 Å². The van der Waals surface area contributed by atoms with Crippen LogP contribution < -0.4 is 4.90 Å². The predicted molar refractivity (Wildman–Crippen MR) is 87.1 cm³/mol. The molecule has 0 aromatic heterocycles. The lowest BCUT2D eigenvalue weighted by Crippen LogP contribution is -2.52. The average molecular weight is 334 g/mol. The van der Waals surface area contributed by atoms with E-state index in [0.29, 0.717) is 11.3 Å². The highest BCUT2D eigenvalue weighted by molar-refractivity contribution is 8.02. The van der Waals surface area contributed by atoms with Gasteiger partial charge >= 0.3 is 6.09 Å². The molecule has 6 nitrogen and oxygen atoms in total. The number of carbonyl (C=O) groups is 3. The Morgan fingerprint density at radius 3 is 2.57 bits per heavy atom. The Bertz CT molecular complexity index is 712. The van der Waals surface area contributed by atoms with Crippen molar-refractivity contribution in [1.82, 2.24) is 4.90 Å². The van der Waals surface area contributed by atoms with Gasteiger partial charge in [-0.3, -0.25) is 9.59 Å². The summed E-state index contributed by atoms with van der Waals surface area (Å²) in [6.45, 7) is 5.17. The lowest BCUT2D eigenvalue weighted by molar-refractivity contribution is -0.136. The largest absolute Gasteiger partial charge is 0.443 e. The molecule has 7 heteroatoms. The maximum Gasteiger partial charge on any atom is 0.419 e. The first-order valence-corrected chi connectivity index (χ1v) is 8.25. The number of benzene rings is 1. The number of para-hydroxylation sites is 1. The lowest BCUT2D eigenvalue weighted by Gasteiger charge is -2.32. The summed E-state index contributed by atoms with van der Waals surface area (Å²) >= 11 is 1.16. The summed E-state index contributed by atoms with van der Waals surface area (Å²) < 4.78 is 5.36. The van der Waals surface area contributed by atoms with Gasteiger partial charge in [-0.2, -0.15) is 0 Å². The van der Waals surface area contributed by atoms with Crippen molar-refractivity contribution >= 4 is 35.4 Å². The van der Waals surface area contributed by atoms with E-state index in [0.717, 1.165) is 16.7 Å². The van der Waals surface area contributed by atoms with Crippen molar-refractivity contribution in [2.45, 2.75) is 31.2 Å². The zero-order valence-corrected chi connectivity index (χ0v) is 14.3. The molecule has 1 aromatic rings. The molecule has 2 aliphatic rings. The number of imide groups is 1. The summed E-state index contributed by atoms with van der Waals surface area (Å²) in [6, 6.07) is 7.20. The van der Waals surface area contributed by atoms with E-state index in [4.69, 9.17) is 4.74 Å². The first-order valence-electron chi connectivity index (χ1n) is 7.26. The van der Waals surface area contributed by atoms with Gasteiger partial charge in [0.1, 0.15) is 5.60 Å². The fourth-order valence-corrected chi connectivity index (χ4v) is 4.22. The third-order valence-corrected chi connectivity index (χ3v) is 5.16. The topological polar surface area (TPSA) is 66.9 Å². The average Bonchev–Trinajstić information content (AvgIpc) is 2.91. The van der Waals surface area contributed by atoms with E-state index in [1.807, 2.05) is 6.07 Å². The Labute approximate surface area is 138 Å². The number of thioether (sulfide) groups is 1. The number of amides is 3. The predicted octanol–water partition coefficient (Wildman–Crippen LogP) is 2.33. The molecule has 23 heavy (non-hydrogen) atoms. The molecule has 1 spiro atoms. The number of rotatable bonds is 0. The molecule has 1 atom stereocenters. The monoisotopic (exact) mass is 334 g/mol. The number of anilines is 1. The molecule has 0 unspecified atom stereocenters. The first-order chi connectivity index (χ1) is 10.7. The van der Waals surface area contributed by atoms with E-state index in [-0.39, 0.29) is 11.7 Å². The van der Waals surface area contributed by atoms with Crippen LogP contribution in [-0.4, -0.2) is 41.2 Å². The van der Waals surface area contributed by atoms with Crippen LogP contribution in [0.3, 0.4) is 0 Å². The minimum absolute atomic E-state index is 0.0627. The van der Waals surface area contributed by atoms with Crippen molar-refractivity contribution in [3.8, 4) is 0 Å². The molecule has 3 amide bonds. The summed E-state index contributed by atoms with van der Waals surface area (Å²) in [4.78, 5) is 39.0. The Kier molecular flexibility index (Phi) is 3.44. The molecule has 0 radical (unpaired) electrons. The van der Waals surface area contributed by atoms with Crippen LogP contribution in [0.5, 0.6) is 0 Å². The second kappa shape index (κ2) is 4.99. The van der Waals surface area contributed by atoms with Gasteiger partial charge < -0.3 is 9.64 Å². The summed E-state index contributed by atoms with van der Waals surface area (Å²) in [5.74, 6) is -0.657. The number of likely N-dealkylation sites (N-methyl/N-ethyl adjacent to an activating group) is 1. The smallest absolute Gasteiger partial charge is 0.419 e. The molecule has 1 saturated heterocycles. The SMILES string of the molecule is CN1C(=O)[C@]2(SCC(=O)N2C(=O)OC(C)(C)C)c2ccccc21. The van der Waals surface area contributed by atoms with Crippen LogP contribution in [0.4, 0.5) is 10.5 Å². The molecule has 1 fully saturated rings. The molecule has 0 aliphatic carbocycles. The number of hydrogen-bond donors (Lipinski definition) is 0. The van der Waals surface area contributed by atoms with Crippen LogP contribution in [0, 0.1) is 0 Å². The van der Waals surface area contributed by atoms with Crippen LogP contribution in [0.1, 0.15) is 26.3 Å². The molecule has 0 saturated carbocycles. The first kappa shape index (κ1) is 15.9. The number of fused-ring (bicyclic) bond motifs is 2. The van der Waals surface area contributed by atoms with Crippen LogP contribution in [-0.2, 0) is 19.2 Å². The standard InChI is InChI=1S/C16H18N2O4S/c1-15(2,3)22-14(21)18-12(19)9-23-16(18)10-7-5-6-8-11(10)17(4)13(16)20/h5-8H,9H2,1-4H3/t16-/m1/s1. The van der Waals surface area contributed by atoms with Gasteiger partial charge in [0.05, 0.1) is 11.4 Å². The second-order valence-corrected chi connectivity index (χ2v) is 7.69. The van der Waals surface area contributed by atoms with E-state index in [2.05, 4.69) is 0 Å². The Balaban J connectivity index is 2.12. The van der Waals surface area contributed by atoms with E-state index in [1.54, 1.807) is 46.0 Å². The highest BCUT2D eigenvalue weighted by Crippen LogP contribution is 2.54. The summed E-state index contributed by atoms with van der Waals surface area (Å²) in [7, 11) is 1.65. The van der Waals surface area contributed by atoms with Crippen molar-refractivity contribution < 1.29 is 19.1 Å². The van der Waals surface area contributed by atoms with Crippen LogP contribution in [0.25, 0.3) is 0 Å². The van der Waals surface area contributed by atoms with Gasteiger partial charge in [-0.25, -0.2) is 9.69 Å². The Morgan fingerprint density at radius 2 is 1.91 bits per heavy atom. The molecule has 0 bridgehead atoms. The highest BCUT2D eigenvalue weighted by atomic mass is 32.2. The van der Waals surface area contributed by atoms with E-state index in [9.17, 15) is 14.4 Å². The third kappa shape index (κ3) is 2.22. The zero-order chi connectivity index (χ0) is 17.0. The molecular formula is C16H18N2O4S. The van der Waals surface area contributed by atoms with Gasteiger partial charge in [-0.05, 0) is 26.8 Å². The summed E-state index contributed by atoms with van der Waals surface area (Å²) in [6.07, 6.45) is -0.786. The third-order valence-electron chi connectivity index (χ3n) is 3.77. The van der Waals surface area contributed by atoms with Crippen molar-refractivity contribution in [3.63, 3.8) is 0 Å². The molecule has 1 aromatic carbocycles. The van der Waals surface area contributed by atoms with E-state index >= 15 is 0 Å². The van der Waals surface area contributed by atoms with Crippen molar-refractivity contribution in [1.29, 1.82) is 0 Å². The van der Waals surface area contributed by atoms with Gasteiger partial charge in [0, 0.05) is 12.6 Å². The Hall–Kier alpha value is -2.02. The molecule has 0 N–H and O–H groups in total. The van der Waals surface area contributed by atoms with Crippen molar-refractivity contribution in [2.75, 3.05) is 17.7 Å². The van der Waals surface area contributed by atoms with E-state index in [1.165, 1.54) is 4.90 Å².